The van der Waals surface area contributed by atoms with Crippen LogP contribution in [0, 0.1) is 6.92 Å². The largest absolute Gasteiger partial charge is 0.497 e. The zero-order valence-electron chi connectivity index (χ0n) is 25.5. The second kappa shape index (κ2) is 14.6. The molecule has 1 N–H and O–H groups in total. The number of hydrogen-bond acceptors (Lipinski definition) is 8. The molecule has 232 valence electrons. The van der Waals surface area contributed by atoms with Gasteiger partial charge in [0.15, 0.2) is 11.5 Å². The van der Waals surface area contributed by atoms with E-state index in [-0.39, 0.29) is 34.5 Å². The maximum atomic E-state index is 14.3. The van der Waals surface area contributed by atoms with Crippen molar-refractivity contribution >= 4 is 27.5 Å². The summed E-state index contributed by atoms with van der Waals surface area (Å²) in [5.74, 6) is 0.107. The van der Waals surface area contributed by atoms with Crippen molar-refractivity contribution < 1.29 is 37.0 Å². The van der Waals surface area contributed by atoms with Crippen LogP contribution in [0.3, 0.4) is 0 Å². The van der Waals surface area contributed by atoms with Crippen molar-refractivity contribution in [2.75, 3.05) is 45.8 Å². The lowest BCUT2D eigenvalue weighted by atomic mass is 10.1. The molecule has 0 aromatic heterocycles. The monoisotopic (exact) mass is 613 g/mol. The fraction of sp³-hybridized carbons (Fsp3) is 0.355. The highest BCUT2D eigenvalue weighted by atomic mass is 32.2. The maximum Gasteiger partial charge on any atom is 0.265 e. The van der Waals surface area contributed by atoms with Crippen molar-refractivity contribution in [1.82, 2.24) is 10.2 Å². The minimum atomic E-state index is -4.42. The number of nitrogens with one attached hydrogen (secondary N) is 1. The van der Waals surface area contributed by atoms with Crippen LogP contribution in [0.1, 0.15) is 25.0 Å². The summed E-state index contributed by atoms with van der Waals surface area (Å²) >= 11 is 0. The number of anilines is 1. The van der Waals surface area contributed by atoms with Crippen molar-refractivity contribution in [2.45, 2.75) is 38.3 Å². The molecule has 11 nitrogen and oxygen atoms in total. The highest BCUT2D eigenvalue weighted by Crippen LogP contribution is 2.37. The van der Waals surface area contributed by atoms with Gasteiger partial charge < -0.3 is 29.2 Å². The third-order valence-electron chi connectivity index (χ3n) is 6.83. The smallest absolute Gasteiger partial charge is 0.265 e. The second-order valence-electron chi connectivity index (χ2n) is 9.65. The van der Waals surface area contributed by atoms with Gasteiger partial charge in [-0.25, -0.2) is 8.42 Å². The lowest BCUT2D eigenvalue weighted by Gasteiger charge is -2.32. The van der Waals surface area contributed by atoms with Crippen molar-refractivity contribution in [2.24, 2.45) is 0 Å². The van der Waals surface area contributed by atoms with Crippen LogP contribution in [0.2, 0.25) is 0 Å². The first kappa shape index (κ1) is 33.1. The van der Waals surface area contributed by atoms with Crippen molar-refractivity contribution in [3.05, 3.63) is 71.8 Å². The molecular formula is C31H39N3O8S. The van der Waals surface area contributed by atoms with Crippen LogP contribution in [-0.4, -0.2) is 72.7 Å². The van der Waals surface area contributed by atoms with Gasteiger partial charge in [0.25, 0.3) is 10.0 Å². The average Bonchev–Trinajstić information content (AvgIpc) is 3.01. The molecule has 12 heteroatoms. The molecule has 0 aliphatic heterocycles. The van der Waals surface area contributed by atoms with Crippen molar-refractivity contribution in [3.8, 4) is 23.0 Å². The van der Waals surface area contributed by atoms with Crippen LogP contribution in [0.25, 0.3) is 0 Å². The van der Waals surface area contributed by atoms with Crippen LogP contribution in [0.4, 0.5) is 5.69 Å². The number of nitrogens with zero attached hydrogens (tertiary/aromatic N) is 2. The molecule has 2 amide bonds. The molecule has 0 fully saturated rings. The number of methoxy groups -OCH3 is 4. The number of carbonyl (C=O) groups excluding carboxylic acids is 2. The van der Waals surface area contributed by atoms with Gasteiger partial charge >= 0.3 is 0 Å². The number of sulfonamides is 1. The molecule has 0 saturated carbocycles. The fourth-order valence-corrected chi connectivity index (χ4v) is 5.95. The molecule has 3 rings (SSSR count). The Morgan fingerprint density at radius 1 is 0.860 bits per heavy atom. The van der Waals surface area contributed by atoms with Gasteiger partial charge in [-0.1, -0.05) is 29.8 Å². The number of hydrogen-bond donors (Lipinski definition) is 1. The van der Waals surface area contributed by atoms with E-state index in [0.717, 1.165) is 15.4 Å². The molecule has 0 radical (unpaired) electrons. The Morgan fingerprint density at radius 3 is 2.14 bits per heavy atom. The number of aryl methyl sites for hydroxylation is 1. The topological polar surface area (TPSA) is 124 Å². The molecule has 0 heterocycles. The van der Waals surface area contributed by atoms with Gasteiger partial charge in [-0.3, -0.25) is 13.9 Å². The summed E-state index contributed by atoms with van der Waals surface area (Å²) in [5, 5.41) is 2.75. The molecule has 0 unspecified atom stereocenters. The van der Waals surface area contributed by atoms with Gasteiger partial charge in [-0.15, -0.1) is 0 Å². The molecule has 43 heavy (non-hydrogen) atoms. The average molecular weight is 614 g/mol. The van der Waals surface area contributed by atoms with Gasteiger partial charge in [0, 0.05) is 25.2 Å². The number of carbonyl (C=O) groups is 2. The van der Waals surface area contributed by atoms with Crippen LogP contribution in [0.15, 0.2) is 65.6 Å². The lowest BCUT2D eigenvalue weighted by Crippen LogP contribution is -2.51. The zero-order valence-corrected chi connectivity index (χ0v) is 26.4. The molecular weight excluding hydrogens is 574 g/mol. The van der Waals surface area contributed by atoms with Gasteiger partial charge in [-0.05, 0) is 50.6 Å². The van der Waals surface area contributed by atoms with E-state index in [2.05, 4.69) is 5.32 Å². The van der Waals surface area contributed by atoms with E-state index in [9.17, 15) is 18.0 Å². The summed E-state index contributed by atoms with van der Waals surface area (Å²) < 4.78 is 51.1. The van der Waals surface area contributed by atoms with E-state index in [1.165, 1.54) is 57.6 Å². The molecule has 0 bridgehead atoms. The molecule has 0 saturated heterocycles. The van der Waals surface area contributed by atoms with E-state index in [1.807, 2.05) is 31.2 Å². The lowest BCUT2D eigenvalue weighted by molar-refractivity contribution is -0.139. The van der Waals surface area contributed by atoms with Gasteiger partial charge in [0.2, 0.25) is 11.8 Å². The van der Waals surface area contributed by atoms with Crippen LogP contribution >= 0.6 is 0 Å². The first-order valence-corrected chi connectivity index (χ1v) is 15.0. The Morgan fingerprint density at radius 2 is 1.53 bits per heavy atom. The number of likely N-dealkylation sites (N-methyl/N-ethyl adjacent to an activating group) is 1. The van der Waals surface area contributed by atoms with E-state index in [1.54, 1.807) is 26.0 Å². The standard InChI is InChI=1S/C31H39N3O8S/c1-8-32-31(36)22(3)33(19-23-11-9-10-21(2)16-23)30(35)20-34(26-17-24(39-4)12-14-27(26)40-5)43(37,38)25-13-15-28(41-6)29(18-25)42-7/h9-18,22H,8,19-20H2,1-7H3,(H,32,36)/t22-/m0/s1. The number of rotatable bonds is 14. The third kappa shape index (κ3) is 7.69. The van der Waals surface area contributed by atoms with Crippen LogP contribution < -0.4 is 28.6 Å². The Hall–Kier alpha value is -4.45. The van der Waals surface area contributed by atoms with Gasteiger partial charge in [0.1, 0.15) is 24.1 Å². The Balaban J connectivity index is 2.17. The minimum absolute atomic E-state index is 0.0751. The van der Waals surface area contributed by atoms with E-state index in [0.29, 0.717) is 18.0 Å². The number of benzene rings is 3. The Kier molecular flexibility index (Phi) is 11.2. The number of amides is 2. The third-order valence-corrected chi connectivity index (χ3v) is 8.59. The SMILES string of the molecule is CCNC(=O)[C@H](C)N(Cc1cccc(C)c1)C(=O)CN(c1cc(OC)ccc1OC)S(=O)(=O)c1ccc(OC)c(OC)c1. The van der Waals surface area contributed by atoms with Crippen molar-refractivity contribution in [1.29, 1.82) is 0 Å². The summed E-state index contributed by atoms with van der Waals surface area (Å²) in [4.78, 5) is 28.3. The first-order chi connectivity index (χ1) is 20.5. The highest BCUT2D eigenvalue weighted by Gasteiger charge is 2.34. The first-order valence-electron chi connectivity index (χ1n) is 13.6. The van der Waals surface area contributed by atoms with E-state index >= 15 is 0 Å². The normalized spacial score (nSPS) is 11.7. The summed E-state index contributed by atoms with van der Waals surface area (Å²) in [5.41, 5.74) is 1.85. The molecule has 0 aliphatic rings. The Labute approximate surface area is 253 Å². The van der Waals surface area contributed by atoms with E-state index < -0.39 is 28.5 Å². The summed E-state index contributed by atoms with van der Waals surface area (Å²) in [6.45, 7) is 5.13. The second-order valence-corrected chi connectivity index (χ2v) is 11.5. The maximum absolute atomic E-state index is 14.3. The van der Waals surface area contributed by atoms with Crippen LogP contribution in [-0.2, 0) is 26.2 Å². The molecule has 3 aromatic rings. The molecule has 0 spiro atoms. The fourth-order valence-electron chi connectivity index (χ4n) is 4.52. The summed E-state index contributed by atoms with van der Waals surface area (Å²) in [6, 6.07) is 15.4. The number of ether oxygens (including phenoxy) is 4. The highest BCUT2D eigenvalue weighted by molar-refractivity contribution is 7.92. The predicted octanol–water partition coefficient (Wildman–Crippen LogP) is 3.78. The molecule has 3 aromatic carbocycles. The van der Waals surface area contributed by atoms with Crippen molar-refractivity contribution in [3.63, 3.8) is 0 Å². The summed E-state index contributed by atoms with van der Waals surface area (Å²) in [7, 11) is 1.26. The quantitative estimate of drug-likeness (QED) is 0.292. The van der Waals surface area contributed by atoms with Gasteiger partial charge in [0.05, 0.1) is 39.0 Å². The van der Waals surface area contributed by atoms with Crippen LogP contribution in [0.5, 0.6) is 23.0 Å². The Bertz CT molecular complexity index is 1540. The minimum Gasteiger partial charge on any atom is -0.497 e. The predicted molar refractivity (Wildman–Crippen MR) is 163 cm³/mol. The van der Waals surface area contributed by atoms with Gasteiger partial charge in [-0.2, -0.15) is 0 Å². The zero-order chi connectivity index (χ0) is 31.7. The summed E-state index contributed by atoms with van der Waals surface area (Å²) in [6.07, 6.45) is 0. The van der Waals surface area contributed by atoms with E-state index in [4.69, 9.17) is 18.9 Å². The molecule has 1 atom stereocenters. The molecule has 0 aliphatic carbocycles.